The van der Waals surface area contributed by atoms with Crippen LogP contribution in [0.15, 0.2) is 84.9 Å². The lowest BCUT2D eigenvalue weighted by Gasteiger charge is -2.36. The highest BCUT2D eigenvalue weighted by molar-refractivity contribution is 5.95. The Kier molecular flexibility index (Phi) is 8.13. The second-order valence-electron chi connectivity index (χ2n) is 8.22. The van der Waals surface area contributed by atoms with Crippen molar-refractivity contribution in [1.82, 2.24) is 15.8 Å². The predicted octanol–water partition coefficient (Wildman–Crippen LogP) is 3.24. The first-order chi connectivity index (χ1) is 16.7. The maximum Gasteiger partial charge on any atom is 0.269 e. The van der Waals surface area contributed by atoms with E-state index < -0.39 is 0 Å². The number of ether oxygens (including phenoxy) is 1. The van der Waals surface area contributed by atoms with E-state index in [0.29, 0.717) is 30.9 Å². The van der Waals surface area contributed by atoms with E-state index >= 15 is 0 Å². The molecule has 0 radical (unpaired) electrons. The van der Waals surface area contributed by atoms with E-state index in [2.05, 4.69) is 44.9 Å². The molecule has 0 spiro atoms. The molecule has 0 atom stereocenters. The zero-order valence-corrected chi connectivity index (χ0v) is 19.2. The molecule has 0 aromatic heterocycles. The topological polar surface area (TPSA) is 73.9 Å². The molecule has 1 aliphatic heterocycles. The highest BCUT2D eigenvalue weighted by Crippen LogP contribution is 2.16. The Balaban J connectivity index is 1.13. The SMILES string of the molecule is O=C(CCN1CCN(c2ccccc2)CC1)NNC(=O)c1ccc(OCc2ccccc2)cc1. The van der Waals surface area contributed by atoms with Gasteiger partial charge in [-0.1, -0.05) is 48.5 Å². The monoisotopic (exact) mass is 458 g/mol. The van der Waals surface area contributed by atoms with E-state index in [1.165, 1.54) is 5.69 Å². The summed E-state index contributed by atoms with van der Waals surface area (Å²) in [4.78, 5) is 29.2. The Labute approximate surface area is 200 Å². The number of nitrogens with zero attached hydrogens (tertiary/aromatic N) is 2. The second kappa shape index (κ2) is 11.9. The molecule has 2 amide bonds. The summed E-state index contributed by atoms with van der Waals surface area (Å²) >= 11 is 0. The zero-order chi connectivity index (χ0) is 23.6. The van der Waals surface area contributed by atoms with Crippen LogP contribution in [0.3, 0.4) is 0 Å². The van der Waals surface area contributed by atoms with E-state index in [4.69, 9.17) is 4.74 Å². The van der Waals surface area contributed by atoms with Crippen molar-refractivity contribution in [1.29, 1.82) is 0 Å². The van der Waals surface area contributed by atoms with Gasteiger partial charge in [-0.25, -0.2) is 0 Å². The molecule has 2 N–H and O–H groups in total. The van der Waals surface area contributed by atoms with Crippen LogP contribution in [0.2, 0.25) is 0 Å². The quantitative estimate of drug-likeness (QED) is 0.507. The fourth-order valence-electron chi connectivity index (χ4n) is 3.83. The molecule has 1 heterocycles. The van der Waals surface area contributed by atoms with E-state index in [1.54, 1.807) is 24.3 Å². The summed E-state index contributed by atoms with van der Waals surface area (Å²) in [5.41, 5.74) is 7.75. The van der Waals surface area contributed by atoms with E-state index in [9.17, 15) is 9.59 Å². The lowest BCUT2D eigenvalue weighted by atomic mass is 10.2. The van der Waals surface area contributed by atoms with Gasteiger partial charge in [0, 0.05) is 50.4 Å². The third-order valence-electron chi connectivity index (χ3n) is 5.83. The van der Waals surface area contributed by atoms with Crippen LogP contribution in [-0.2, 0) is 11.4 Å². The molecule has 4 rings (SSSR count). The van der Waals surface area contributed by atoms with Crippen molar-refractivity contribution < 1.29 is 14.3 Å². The third kappa shape index (κ3) is 6.83. The molecule has 0 saturated carbocycles. The predicted molar refractivity (Wildman–Crippen MR) is 133 cm³/mol. The van der Waals surface area contributed by atoms with Crippen LogP contribution in [0.4, 0.5) is 5.69 Å². The van der Waals surface area contributed by atoms with Crippen LogP contribution in [0, 0.1) is 0 Å². The Morgan fingerprint density at radius 2 is 1.41 bits per heavy atom. The molecule has 7 heteroatoms. The molecule has 3 aromatic rings. The van der Waals surface area contributed by atoms with Crippen molar-refractivity contribution in [3.8, 4) is 5.75 Å². The standard InChI is InChI=1S/C27H30N4O3/c32-26(15-16-30-17-19-31(20-18-30)24-9-5-2-6-10-24)28-29-27(33)23-11-13-25(14-12-23)34-21-22-7-3-1-4-8-22/h1-14H,15-21H2,(H,28,32)(H,29,33). The van der Waals surface area contributed by atoms with Crippen molar-refractivity contribution in [2.24, 2.45) is 0 Å². The fourth-order valence-corrected chi connectivity index (χ4v) is 3.83. The first-order valence-corrected chi connectivity index (χ1v) is 11.6. The molecule has 176 valence electrons. The molecule has 0 unspecified atom stereocenters. The van der Waals surface area contributed by atoms with Gasteiger partial charge in [0.05, 0.1) is 0 Å². The van der Waals surface area contributed by atoms with Gasteiger partial charge in [-0.05, 0) is 42.0 Å². The number of hydrogen-bond donors (Lipinski definition) is 2. The van der Waals surface area contributed by atoms with E-state index in [1.807, 2.05) is 36.4 Å². The summed E-state index contributed by atoms with van der Waals surface area (Å²) in [7, 11) is 0. The van der Waals surface area contributed by atoms with Gasteiger partial charge in [0.15, 0.2) is 0 Å². The van der Waals surface area contributed by atoms with Gasteiger partial charge in [0.25, 0.3) is 5.91 Å². The molecule has 1 fully saturated rings. The van der Waals surface area contributed by atoms with Gasteiger partial charge in [-0.2, -0.15) is 0 Å². The second-order valence-corrected chi connectivity index (χ2v) is 8.22. The first-order valence-electron chi connectivity index (χ1n) is 11.6. The number of anilines is 1. The lowest BCUT2D eigenvalue weighted by molar-refractivity contribution is -0.122. The third-order valence-corrected chi connectivity index (χ3v) is 5.83. The molecule has 1 saturated heterocycles. The largest absolute Gasteiger partial charge is 0.489 e. The van der Waals surface area contributed by atoms with Crippen LogP contribution in [0.25, 0.3) is 0 Å². The highest BCUT2D eigenvalue weighted by Gasteiger charge is 2.18. The maximum atomic E-state index is 12.3. The fraction of sp³-hybridized carbons (Fsp3) is 0.259. The van der Waals surface area contributed by atoms with Crippen molar-refractivity contribution in [2.45, 2.75) is 13.0 Å². The number of benzene rings is 3. The molecule has 0 bridgehead atoms. The Bertz CT molecular complexity index is 1050. The number of carbonyl (C=O) groups excluding carboxylic acids is 2. The molecule has 3 aromatic carbocycles. The number of para-hydroxylation sites is 1. The minimum Gasteiger partial charge on any atom is -0.489 e. The van der Waals surface area contributed by atoms with Gasteiger partial charge in [-0.3, -0.25) is 25.3 Å². The summed E-state index contributed by atoms with van der Waals surface area (Å²) in [5.74, 6) is 0.109. The average Bonchev–Trinajstić information content (AvgIpc) is 2.91. The van der Waals surface area contributed by atoms with Crippen molar-refractivity contribution in [3.63, 3.8) is 0 Å². The summed E-state index contributed by atoms with van der Waals surface area (Å²) in [6.07, 6.45) is 0.331. The molecule has 1 aliphatic rings. The number of amides is 2. The van der Waals surface area contributed by atoms with Gasteiger partial charge in [0.1, 0.15) is 12.4 Å². The smallest absolute Gasteiger partial charge is 0.269 e. The number of piperazine rings is 1. The van der Waals surface area contributed by atoms with Crippen LogP contribution in [0.5, 0.6) is 5.75 Å². The number of nitrogens with one attached hydrogen (secondary N) is 2. The normalized spacial score (nSPS) is 13.8. The summed E-state index contributed by atoms with van der Waals surface area (Å²) in [5, 5.41) is 0. The summed E-state index contributed by atoms with van der Waals surface area (Å²) in [6.45, 7) is 4.82. The lowest BCUT2D eigenvalue weighted by Crippen LogP contribution is -2.48. The molecular weight excluding hydrogens is 428 g/mol. The minimum atomic E-state index is -0.362. The van der Waals surface area contributed by atoms with Gasteiger partial charge >= 0.3 is 0 Å². The van der Waals surface area contributed by atoms with E-state index in [0.717, 1.165) is 31.7 Å². The van der Waals surface area contributed by atoms with Gasteiger partial charge in [-0.15, -0.1) is 0 Å². The average molecular weight is 459 g/mol. The van der Waals surface area contributed by atoms with Gasteiger partial charge in [0.2, 0.25) is 5.91 Å². The Morgan fingerprint density at radius 3 is 2.09 bits per heavy atom. The first kappa shape index (κ1) is 23.3. The number of hydrazine groups is 1. The molecule has 7 nitrogen and oxygen atoms in total. The maximum absolute atomic E-state index is 12.3. The zero-order valence-electron chi connectivity index (χ0n) is 19.2. The highest BCUT2D eigenvalue weighted by atomic mass is 16.5. The summed E-state index contributed by atoms with van der Waals surface area (Å²) < 4.78 is 5.74. The van der Waals surface area contributed by atoms with Crippen molar-refractivity contribution in [3.05, 3.63) is 96.1 Å². The minimum absolute atomic E-state index is 0.207. The summed E-state index contributed by atoms with van der Waals surface area (Å²) in [6, 6.07) is 27.1. The Morgan fingerprint density at radius 1 is 0.765 bits per heavy atom. The Hall–Kier alpha value is -3.84. The molecular formula is C27H30N4O3. The van der Waals surface area contributed by atoms with Crippen molar-refractivity contribution in [2.75, 3.05) is 37.6 Å². The van der Waals surface area contributed by atoms with Crippen molar-refractivity contribution >= 4 is 17.5 Å². The molecule has 0 aliphatic carbocycles. The number of rotatable bonds is 8. The van der Waals surface area contributed by atoms with E-state index in [-0.39, 0.29) is 11.8 Å². The van der Waals surface area contributed by atoms with Crippen LogP contribution in [0.1, 0.15) is 22.3 Å². The van der Waals surface area contributed by atoms with Crippen LogP contribution >= 0.6 is 0 Å². The van der Waals surface area contributed by atoms with Crippen LogP contribution < -0.4 is 20.5 Å². The van der Waals surface area contributed by atoms with Gasteiger partial charge < -0.3 is 9.64 Å². The van der Waals surface area contributed by atoms with Crippen LogP contribution in [-0.4, -0.2) is 49.4 Å². The molecule has 34 heavy (non-hydrogen) atoms. The number of hydrogen-bond acceptors (Lipinski definition) is 5. The number of carbonyl (C=O) groups is 2.